The fourth-order valence-electron chi connectivity index (χ4n) is 2.45. The number of thioether (sulfide) groups is 1. The van der Waals surface area contributed by atoms with Crippen LogP contribution in [0.15, 0.2) is 59.5 Å². The number of nitrogens with two attached hydrogens (primary N) is 1. The second-order valence-electron chi connectivity index (χ2n) is 6.01. The molecular weight excluding hydrogens is 340 g/mol. The number of nitrogens with one attached hydrogen (secondary N) is 1. The smallest absolute Gasteiger partial charge is 0.251 e. The van der Waals surface area contributed by atoms with Crippen LogP contribution in [0.3, 0.4) is 0 Å². The maximum absolute atomic E-state index is 12.1. The molecule has 0 saturated heterocycles. The van der Waals surface area contributed by atoms with Gasteiger partial charge in [0, 0.05) is 28.8 Å². The van der Waals surface area contributed by atoms with Crippen molar-refractivity contribution in [3.63, 3.8) is 0 Å². The van der Waals surface area contributed by atoms with Crippen molar-refractivity contribution in [1.82, 2.24) is 5.32 Å². The first-order valence-corrected chi connectivity index (χ1v) is 9.01. The molecule has 0 radical (unpaired) electrons. The summed E-state index contributed by atoms with van der Waals surface area (Å²) >= 11 is 1.77. The van der Waals surface area contributed by atoms with E-state index in [1.54, 1.807) is 11.8 Å². The molecule has 1 amide bonds. The van der Waals surface area contributed by atoms with Gasteiger partial charge < -0.3 is 11.1 Å². The molecule has 2 aromatic rings. The number of halogens is 1. The van der Waals surface area contributed by atoms with Crippen molar-refractivity contribution >= 4 is 30.1 Å². The van der Waals surface area contributed by atoms with E-state index >= 15 is 0 Å². The molecule has 1 aliphatic carbocycles. The molecule has 128 valence electrons. The Hall–Kier alpha value is -1.49. The summed E-state index contributed by atoms with van der Waals surface area (Å²) in [6.07, 6.45) is 2.40. The summed E-state index contributed by atoms with van der Waals surface area (Å²) in [4.78, 5) is 13.3. The van der Waals surface area contributed by atoms with Crippen LogP contribution < -0.4 is 11.1 Å². The maximum atomic E-state index is 12.1. The quantitative estimate of drug-likeness (QED) is 0.735. The van der Waals surface area contributed by atoms with Gasteiger partial charge in [0.15, 0.2) is 0 Å². The molecule has 24 heavy (non-hydrogen) atoms. The normalized spacial score (nSPS) is 14.5. The molecule has 3 rings (SSSR count). The number of rotatable bonds is 7. The van der Waals surface area contributed by atoms with Gasteiger partial charge in [0.1, 0.15) is 0 Å². The van der Waals surface area contributed by atoms with Crippen LogP contribution in [0.4, 0.5) is 0 Å². The van der Waals surface area contributed by atoms with E-state index in [2.05, 4.69) is 29.6 Å². The molecule has 0 bridgehead atoms. The third kappa shape index (κ3) is 5.55. The molecule has 0 heterocycles. The largest absolute Gasteiger partial charge is 0.350 e. The molecule has 0 spiro atoms. The molecule has 1 unspecified atom stereocenters. The molecule has 2 aromatic carbocycles. The van der Waals surface area contributed by atoms with Gasteiger partial charge in [-0.1, -0.05) is 30.3 Å². The lowest BCUT2D eigenvalue weighted by atomic mass is 10.2. The van der Waals surface area contributed by atoms with Gasteiger partial charge in [-0.2, -0.15) is 0 Å². The predicted molar refractivity (Wildman–Crippen MR) is 103 cm³/mol. The van der Waals surface area contributed by atoms with Gasteiger partial charge in [-0.3, -0.25) is 4.79 Å². The molecule has 0 aliphatic heterocycles. The van der Waals surface area contributed by atoms with Crippen LogP contribution in [0.5, 0.6) is 0 Å². The van der Waals surface area contributed by atoms with E-state index in [-0.39, 0.29) is 24.4 Å². The highest BCUT2D eigenvalue weighted by Gasteiger charge is 2.28. The van der Waals surface area contributed by atoms with Crippen LogP contribution in [0.2, 0.25) is 0 Å². The number of carbonyl (C=O) groups excluding carboxylic acids is 1. The summed E-state index contributed by atoms with van der Waals surface area (Å²) in [5.41, 5.74) is 8.00. The Morgan fingerprint density at radius 2 is 1.79 bits per heavy atom. The number of hydrogen-bond acceptors (Lipinski definition) is 3. The summed E-state index contributed by atoms with van der Waals surface area (Å²) < 4.78 is 0. The first-order chi connectivity index (χ1) is 11.2. The fraction of sp³-hybridized carbons (Fsp3) is 0.316. The number of hydrogen-bond donors (Lipinski definition) is 2. The minimum Gasteiger partial charge on any atom is -0.350 e. The second kappa shape index (κ2) is 9.11. The highest BCUT2D eigenvalue weighted by Crippen LogP contribution is 2.31. The number of benzene rings is 2. The Morgan fingerprint density at radius 3 is 2.42 bits per heavy atom. The van der Waals surface area contributed by atoms with Crippen molar-refractivity contribution in [2.45, 2.75) is 29.5 Å². The molecule has 1 aliphatic rings. The van der Waals surface area contributed by atoms with Gasteiger partial charge in [0.2, 0.25) is 0 Å². The molecule has 1 saturated carbocycles. The number of carbonyl (C=O) groups is 1. The van der Waals surface area contributed by atoms with Gasteiger partial charge in [-0.15, -0.1) is 24.2 Å². The van der Waals surface area contributed by atoms with Gasteiger partial charge in [-0.25, -0.2) is 0 Å². The molecule has 3 nitrogen and oxygen atoms in total. The molecule has 5 heteroatoms. The first-order valence-electron chi connectivity index (χ1n) is 8.03. The first kappa shape index (κ1) is 18.8. The van der Waals surface area contributed by atoms with Crippen molar-refractivity contribution in [2.75, 3.05) is 6.54 Å². The van der Waals surface area contributed by atoms with Gasteiger partial charge in [0.05, 0.1) is 0 Å². The van der Waals surface area contributed by atoms with Crippen LogP contribution in [-0.4, -0.2) is 18.5 Å². The molecule has 1 fully saturated rings. The van der Waals surface area contributed by atoms with Gasteiger partial charge in [-0.05, 0) is 48.6 Å². The van der Waals surface area contributed by atoms with Crippen molar-refractivity contribution < 1.29 is 4.79 Å². The SMILES string of the molecule is Cl.NC(CNC(=O)c1ccc(SCc2ccccc2)cc1)C1CC1. The summed E-state index contributed by atoms with van der Waals surface area (Å²) in [6, 6.07) is 18.2. The molecule has 0 aromatic heterocycles. The van der Waals surface area contributed by atoms with Crippen LogP contribution in [-0.2, 0) is 5.75 Å². The average Bonchev–Trinajstić information content (AvgIpc) is 3.44. The molecular formula is C19H23ClN2OS. The minimum atomic E-state index is -0.0410. The lowest BCUT2D eigenvalue weighted by Gasteiger charge is -2.11. The molecule has 3 N–H and O–H groups in total. The van der Waals surface area contributed by atoms with Crippen LogP contribution >= 0.6 is 24.2 Å². The average molecular weight is 363 g/mol. The summed E-state index contributed by atoms with van der Waals surface area (Å²) in [5.74, 6) is 1.50. The van der Waals surface area contributed by atoms with E-state index in [0.717, 1.165) is 5.75 Å². The van der Waals surface area contributed by atoms with Crippen molar-refractivity contribution in [2.24, 2.45) is 11.7 Å². The minimum absolute atomic E-state index is 0. The van der Waals surface area contributed by atoms with E-state index in [1.807, 2.05) is 30.3 Å². The predicted octanol–water partition coefficient (Wildman–Crippen LogP) is 3.87. The lowest BCUT2D eigenvalue weighted by Crippen LogP contribution is -2.38. The topological polar surface area (TPSA) is 55.1 Å². The van der Waals surface area contributed by atoms with Crippen LogP contribution in [0.1, 0.15) is 28.8 Å². The highest BCUT2D eigenvalue weighted by molar-refractivity contribution is 7.98. The van der Waals surface area contributed by atoms with Crippen molar-refractivity contribution in [1.29, 1.82) is 0 Å². The Kier molecular flexibility index (Phi) is 7.16. The zero-order chi connectivity index (χ0) is 16.1. The monoisotopic (exact) mass is 362 g/mol. The lowest BCUT2D eigenvalue weighted by molar-refractivity contribution is 0.0950. The van der Waals surface area contributed by atoms with Crippen LogP contribution in [0.25, 0.3) is 0 Å². The summed E-state index contributed by atoms with van der Waals surface area (Å²) in [6.45, 7) is 0.564. The number of amides is 1. The van der Waals surface area contributed by atoms with E-state index in [9.17, 15) is 4.79 Å². The van der Waals surface area contributed by atoms with Crippen molar-refractivity contribution in [3.8, 4) is 0 Å². The Labute approximate surface area is 153 Å². The summed E-state index contributed by atoms with van der Waals surface area (Å²) in [7, 11) is 0. The highest BCUT2D eigenvalue weighted by atomic mass is 35.5. The third-order valence-electron chi connectivity index (χ3n) is 4.09. The zero-order valence-corrected chi connectivity index (χ0v) is 15.1. The Morgan fingerprint density at radius 1 is 1.12 bits per heavy atom. The van der Waals surface area contributed by atoms with E-state index in [4.69, 9.17) is 5.73 Å². The Balaban J connectivity index is 0.00000208. The zero-order valence-electron chi connectivity index (χ0n) is 13.5. The van der Waals surface area contributed by atoms with Crippen molar-refractivity contribution in [3.05, 3.63) is 65.7 Å². The van der Waals surface area contributed by atoms with Gasteiger partial charge in [0.25, 0.3) is 5.91 Å². The van der Waals surface area contributed by atoms with E-state index < -0.39 is 0 Å². The summed E-state index contributed by atoms with van der Waals surface area (Å²) in [5, 5.41) is 2.93. The molecule has 1 atom stereocenters. The standard InChI is InChI=1S/C19H22N2OS.ClH/c20-18(15-6-7-15)12-21-19(22)16-8-10-17(11-9-16)23-13-14-4-2-1-3-5-14;/h1-5,8-11,15,18H,6-7,12-13,20H2,(H,21,22);1H. The maximum Gasteiger partial charge on any atom is 0.251 e. The fourth-order valence-corrected chi connectivity index (χ4v) is 3.30. The second-order valence-corrected chi connectivity index (χ2v) is 7.06. The Bertz CT molecular complexity index is 644. The van der Waals surface area contributed by atoms with Crippen LogP contribution in [0, 0.1) is 5.92 Å². The van der Waals surface area contributed by atoms with Gasteiger partial charge >= 0.3 is 0 Å². The third-order valence-corrected chi connectivity index (χ3v) is 5.17. The van der Waals surface area contributed by atoms with E-state index in [1.165, 1.54) is 23.3 Å². The van der Waals surface area contributed by atoms with E-state index in [0.29, 0.717) is 18.0 Å².